The second-order valence-corrected chi connectivity index (χ2v) is 8.48. The molecule has 1 aliphatic heterocycles. The van der Waals surface area contributed by atoms with Gasteiger partial charge in [0.2, 0.25) is 15.9 Å². The summed E-state index contributed by atoms with van der Waals surface area (Å²) in [4.78, 5) is 12.9. The van der Waals surface area contributed by atoms with Crippen molar-refractivity contribution >= 4 is 15.9 Å². The molecule has 0 unspecified atom stereocenters. The van der Waals surface area contributed by atoms with E-state index in [0.29, 0.717) is 37.7 Å². The van der Waals surface area contributed by atoms with Crippen LogP contribution in [-0.4, -0.2) is 54.7 Å². The summed E-state index contributed by atoms with van der Waals surface area (Å²) in [5.41, 5.74) is 0.817. The summed E-state index contributed by atoms with van der Waals surface area (Å²) in [6.45, 7) is 4.80. The average Bonchev–Trinajstić information content (AvgIpc) is 2.91. The van der Waals surface area contributed by atoms with Crippen LogP contribution in [0.25, 0.3) is 0 Å². The number of ether oxygens (including phenoxy) is 1. The SMILES string of the molecule is Cc1nn(C(=O)C2CCCCC2)c(C)c1S(=O)(=O)N1CCOCC1. The maximum absolute atomic E-state index is 12.9. The number of nitrogens with zero attached hydrogens (tertiary/aromatic N) is 3. The van der Waals surface area contributed by atoms with Gasteiger partial charge in [0.05, 0.1) is 24.6 Å². The third kappa shape index (κ3) is 3.14. The number of carbonyl (C=O) groups excluding carboxylic acids is 1. The molecule has 2 aliphatic rings. The number of hydrogen-bond acceptors (Lipinski definition) is 5. The predicted molar refractivity (Wildman–Crippen MR) is 88.5 cm³/mol. The van der Waals surface area contributed by atoms with Crippen molar-refractivity contribution in [2.75, 3.05) is 26.3 Å². The Morgan fingerprint density at radius 1 is 1.12 bits per heavy atom. The van der Waals surface area contributed by atoms with Gasteiger partial charge in [-0.2, -0.15) is 9.40 Å². The second-order valence-electron chi connectivity index (χ2n) is 6.60. The van der Waals surface area contributed by atoms with Gasteiger partial charge in [0, 0.05) is 19.0 Å². The summed E-state index contributed by atoms with van der Waals surface area (Å²) in [7, 11) is -3.65. The number of aryl methyl sites for hydroxylation is 1. The molecule has 0 radical (unpaired) electrons. The van der Waals surface area contributed by atoms with E-state index < -0.39 is 10.0 Å². The number of rotatable bonds is 3. The van der Waals surface area contributed by atoms with Crippen LogP contribution in [0.3, 0.4) is 0 Å². The van der Waals surface area contributed by atoms with Crippen molar-refractivity contribution in [3.05, 3.63) is 11.4 Å². The molecule has 2 heterocycles. The number of hydrogen-bond donors (Lipinski definition) is 0. The van der Waals surface area contributed by atoms with Gasteiger partial charge in [-0.3, -0.25) is 4.79 Å². The van der Waals surface area contributed by atoms with E-state index in [2.05, 4.69) is 5.10 Å². The molecule has 1 aromatic rings. The van der Waals surface area contributed by atoms with Crippen molar-refractivity contribution < 1.29 is 17.9 Å². The van der Waals surface area contributed by atoms with Crippen molar-refractivity contribution in [3.8, 4) is 0 Å². The number of morpholine rings is 1. The van der Waals surface area contributed by atoms with Crippen molar-refractivity contribution in [1.82, 2.24) is 14.1 Å². The molecule has 3 rings (SSSR count). The molecule has 0 aromatic carbocycles. The lowest BCUT2D eigenvalue weighted by Crippen LogP contribution is -2.41. The lowest BCUT2D eigenvalue weighted by molar-refractivity contribution is 0.0729. The van der Waals surface area contributed by atoms with Gasteiger partial charge in [0.25, 0.3) is 0 Å². The first kappa shape index (κ1) is 17.6. The summed E-state index contributed by atoms with van der Waals surface area (Å²) in [6, 6.07) is 0. The van der Waals surface area contributed by atoms with Gasteiger partial charge in [-0.05, 0) is 26.7 Å². The van der Waals surface area contributed by atoms with Crippen LogP contribution in [0, 0.1) is 19.8 Å². The van der Waals surface area contributed by atoms with Crippen LogP contribution in [0.4, 0.5) is 0 Å². The Bertz CT molecular complexity index is 714. The molecule has 0 atom stereocenters. The molecule has 2 fully saturated rings. The van der Waals surface area contributed by atoms with E-state index in [-0.39, 0.29) is 16.7 Å². The molecule has 7 nitrogen and oxygen atoms in total. The summed E-state index contributed by atoms with van der Waals surface area (Å²) in [6.07, 6.45) is 4.99. The van der Waals surface area contributed by atoms with Crippen LogP contribution in [0.2, 0.25) is 0 Å². The fraction of sp³-hybridized carbons (Fsp3) is 0.750. The molecule has 1 aromatic heterocycles. The Kier molecular flexibility index (Phi) is 5.08. The van der Waals surface area contributed by atoms with Crippen LogP contribution in [0.15, 0.2) is 4.90 Å². The zero-order chi connectivity index (χ0) is 17.3. The molecule has 0 N–H and O–H groups in total. The van der Waals surface area contributed by atoms with E-state index in [1.165, 1.54) is 8.99 Å². The van der Waals surface area contributed by atoms with Crippen molar-refractivity contribution in [3.63, 3.8) is 0 Å². The van der Waals surface area contributed by atoms with Gasteiger partial charge in [-0.25, -0.2) is 13.1 Å². The molecular formula is C16H25N3O4S. The molecule has 8 heteroatoms. The molecule has 24 heavy (non-hydrogen) atoms. The van der Waals surface area contributed by atoms with Crippen LogP contribution < -0.4 is 0 Å². The number of sulfonamides is 1. The molecule has 0 amide bonds. The van der Waals surface area contributed by atoms with E-state index in [1.807, 2.05) is 0 Å². The second kappa shape index (κ2) is 6.93. The van der Waals surface area contributed by atoms with E-state index >= 15 is 0 Å². The Morgan fingerprint density at radius 2 is 1.75 bits per heavy atom. The molecule has 1 aliphatic carbocycles. The minimum Gasteiger partial charge on any atom is -0.379 e. The highest BCUT2D eigenvalue weighted by atomic mass is 32.2. The molecular weight excluding hydrogens is 330 g/mol. The highest BCUT2D eigenvalue weighted by Gasteiger charge is 2.34. The van der Waals surface area contributed by atoms with E-state index in [1.54, 1.807) is 13.8 Å². The Hall–Kier alpha value is -1.25. The molecule has 0 spiro atoms. The largest absolute Gasteiger partial charge is 0.379 e. The normalized spacial score (nSPS) is 21.1. The number of carbonyl (C=O) groups is 1. The monoisotopic (exact) mass is 355 g/mol. The molecule has 1 saturated heterocycles. The van der Waals surface area contributed by atoms with Crippen LogP contribution >= 0.6 is 0 Å². The Labute approximate surface area is 143 Å². The minimum absolute atomic E-state index is 0.0457. The predicted octanol–water partition coefficient (Wildman–Crippen LogP) is 1.74. The van der Waals surface area contributed by atoms with E-state index in [0.717, 1.165) is 32.1 Å². The van der Waals surface area contributed by atoms with Gasteiger partial charge in [-0.15, -0.1) is 0 Å². The van der Waals surface area contributed by atoms with Crippen LogP contribution in [0.1, 0.15) is 48.3 Å². The van der Waals surface area contributed by atoms with Gasteiger partial charge in [0.1, 0.15) is 4.90 Å². The third-order valence-electron chi connectivity index (χ3n) is 4.96. The lowest BCUT2D eigenvalue weighted by atomic mass is 9.89. The van der Waals surface area contributed by atoms with Crippen LogP contribution in [-0.2, 0) is 14.8 Å². The zero-order valence-electron chi connectivity index (χ0n) is 14.3. The first-order valence-corrected chi connectivity index (χ1v) is 10.1. The Balaban J connectivity index is 1.92. The topological polar surface area (TPSA) is 81.5 Å². The third-order valence-corrected chi connectivity index (χ3v) is 7.11. The fourth-order valence-corrected chi connectivity index (χ4v) is 5.42. The molecule has 0 bridgehead atoms. The summed E-state index contributed by atoms with van der Waals surface area (Å²) < 4.78 is 33.9. The number of aromatic nitrogens is 2. The van der Waals surface area contributed by atoms with Crippen molar-refractivity contribution in [2.24, 2.45) is 5.92 Å². The maximum Gasteiger partial charge on any atom is 0.250 e. The fourth-order valence-electron chi connectivity index (χ4n) is 3.65. The van der Waals surface area contributed by atoms with Gasteiger partial charge >= 0.3 is 0 Å². The first-order valence-electron chi connectivity index (χ1n) is 8.61. The van der Waals surface area contributed by atoms with Gasteiger partial charge in [-0.1, -0.05) is 19.3 Å². The smallest absolute Gasteiger partial charge is 0.250 e. The Morgan fingerprint density at radius 3 is 2.38 bits per heavy atom. The van der Waals surface area contributed by atoms with Crippen LogP contribution in [0.5, 0.6) is 0 Å². The zero-order valence-corrected chi connectivity index (χ0v) is 15.1. The van der Waals surface area contributed by atoms with Crippen molar-refractivity contribution in [1.29, 1.82) is 0 Å². The summed E-state index contributed by atoms with van der Waals surface area (Å²) >= 11 is 0. The summed E-state index contributed by atoms with van der Waals surface area (Å²) in [5.74, 6) is -0.116. The van der Waals surface area contributed by atoms with Gasteiger partial charge < -0.3 is 4.74 Å². The lowest BCUT2D eigenvalue weighted by Gasteiger charge is -2.26. The van der Waals surface area contributed by atoms with E-state index in [9.17, 15) is 13.2 Å². The van der Waals surface area contributed by atoms with Crippen molar-refractivity contribution in [2.45, 2.75) is 50.8 Å². The van der Waals surface area contributed by atoms with Gasteiger partial charge in [0.15, 0.2) is 0 Å². The highest BCUT2D eigenvalue weighted by molar-refractivity contribution is 7.89. The maximum atomic E-state index is 12.9. The molecule has 1 saturated carbocycles. The standard InChI is InChI=1S/C16H25N3O4S/c1-12-15(24(21,22)18-8-10-23-11-9-18)13(2)19(17-12)16(20)14-6-4-3-5-7-14/h14H,3-11H2,1-2H3. The molecule has 134 valence electrons. The summed E-state index contributed by atoms with van der Waals surface area (Å²) in [5, 5.41) is 4.28. The minimum atomic E-state index is -3.65. The quantitative estimate of drug-likeness (QED) is 0.825. The highest BCUT2D eigenvalue weighted by Crippen LogP contribution is 2.28. The average molecular weight is 355 g/mol. The van der Waals surface area contributed by atoms with E-state index in [4.69, 9.17) is 4.74 Å². The first-order chi connectivity index (χ1) is 11.4.